The number of hydrogen-bond donors (Lipinski definition) is 5. The molecule has 7 nitrogen and oxygen atoms in total. The number of carboxylic acid groups (broad SMARTS) is 2. The molecule has 94 valence electrons. The Morgan fingerprint density at radius 2 is 1.81 bits per heavy atom. The highest BCUT2D eigenvalue weighted by Crippen LogP contribution is 1.86. The summed E-state index contributed by atoms with van der Waals surface area (Å²) in [6, 6.07) is -0.874. The third kappa shape index (κ3) is 12.7. The zero-order valence-electron chi connectivity index (χ0n) is 9.06. The normalized spacial score (nSPS) is 10.7. The van der Waals surface area contributed by atoms with Crippen molar-refractivity contribution in [2.24, 2.45) is 0 Å². The van der Waals surface area contributed by atoms with Gasteiger partial charge in [0.2, 0.25) is 5.91 Å². The molecule has 0 aliphatic rings. The van der Waals surface area contributed by atoms with Crippen molar-refractivity contribution in [1.82, 2.24) is 10.6 Å². The third-order valence-electron chi connectivity index (χ3n) is 1.19. The molecule has 0 aliphatic carbocycles. The zero-order chi connectivity index (χ0) is 13.1. The number of nitrogens with one attached hydrogen (secondary N) is 2. The highest BCUT2D eigenvalue weighted by Gasteiger charge is 2.15. The minimum absolute atomic E-state index is 0.0417. The van der Waals surface area contributed by atoms with Gasteiger partial charge in [0.25, 0.3) is 0 Å². The molecule has 0 aromatic heterocycles. The van der Waals surface area contributed by atoms with Crippen molar-refractivity contribution in [2.75, 3.05) is 19.3 Å². The smallest absolute Gasteiger partial charge is 0.327 e. The maximum Gasteiger partial charge on any atom is 0.327 e. The summed E-state index contributed by atoms with van der Waals surface area (Å²) < 4.78 is 0. The molecule has 1 atom stereocenters. The molecule has 0 radical (unpaired) electrons. The van der Waals surface area contributed by atoms with Crippen LogP contribution in [0.1, 0.15) is 6.92 Å². The lowest BCUT2D eigenvalue weighted by Crippen LogP contribution is -2.40. The molecule has 0 unspecified atom stereocenters. The van der Waals surface area contributed by atoms with Gasteiger partial charge in [0.1, 0.15) is 6.04 Å². The maximum atomic E-state index is 10.3. The van der Waals surface area contributed by atoms with Crippen LogP contribution in [0.4, 0.5) is 0 Å². The van der Waals surface area contributed by atoms with Gasteiger partial charge in [-0.3, -0.25) is 9.59 Å². The number of likely N-dealkylation sites (N-methyl/N-ethyl adjacent to an activating group) is 1. The molecule has 0 aromatic rings. The molecular formula is C8H16N2O5S. The van der Waals surface area contributed by atoms with Crippen LogP contribution in [0.15, 0.2) is 0 Å². The lowest BCUT2D eigenvalue weighted by Gasteiger charge is -2.08. The molecule has 0 fully saturated rings. The van der Waals surface area contributed by atoms with Gasteiger partial charge >= 0.3 is 11.9 Å². The minimum Gasteiger partial charge on any atom is -0.480 e. The number of thiol groups is 1. The van der Waals surface area contributed by atoms with Gasteiger partial charge in [0, 0.05) is 12.7 Å². The fourth-order valence-electron chi connectivity index (χ4n) is 0.582. The molecule has 0 heterocycles. The molecule has 0 spiro atoms. The standard InChI is InChI=1S/C5H9NO3S.C3H7NO2/c1-3(7)6-4(2-10)5(8)9;1-4-2-3(5)6/h4,10H,2H2,1H3,(H,6,7)(H,8,9);4H,2H2,1H3,(H,5,6)/t4-;/m0./s1. The summed E-state index contributed by atoms with van der Waals surface area (Å²) in [5, 5.41) is 20.9. The van der Waals surface area contributed by atoms with Crippen molar-refractivity contribution in [2.45, 2.75) is 13.0 Å². The van der Waals surface area contributed by atoms with E-state index in [0.717, 1.165) is 0 Å². The van der Waals surface area contributed by atoms with Crippen LogP contribution in [0, 0.1) is 0 Å². The highest BCUT2D eigenvalue weighted by atomic mass is 32.1. The van der Waals surface area contributed by atoms with Crippen molar-refractivity contribution >= 4 is 30.5 Å². The van der Waals surface area contributed by atoms with Gasteiger partial charge in [0.15, 0.2) is 0 Å². The Kier molecular flexibility index (Phi) is 11.0. The Hall–Kier alpha value is -1.28. The van der Waals surface area contributed by atoms with Gasteiger partial charge in [-0.15, -0.1) is 0 Å². The Morgan fingerprint density at radius 3 is 1.88 bits per heavy atom. The molecule has 0 saturated carbocycles. The quantitative estimate of drug-likeness (QED) is 0.392. The molecule has 0 bridgehead atoms. The van der Waals surface area contributed by atoms with E-state index in [1.165, 1.54) is 6.92 Å². The second-order valence-corrected chi connectivity index (χ2v) is 3.06. The van der Waals surface area contributed by atoms with Crippen LogP contribution >= 0.6 is 12.6 Å². The van der Waals surface area contributed by atoms with E-state index in [0.29, 0.717) is 0 Å². The van der Waals surface area contributed by atoms with Gasteiger partial charge in [-0.25, -0.2) is 4.79 Å². The fraction of sp³-hybridized carbons (Fsp3) is 0.625. The van der Waals surface area contributed by atoms with E-state index in [-0.39, 0.29) is 18.2 Å². The number of carbonyl (C=O) groups is 3. The van der Waals surface area contributed by atoms with E-state index in [1.807, 2.05) is 0 Å². The summed E-state index contributed by atoms with van der Waals surface area (Å²) in [7, 11) is 1.59. The first-order chi connectivity index (χ1) is 7.34. The summed E-state index contributed by atoms with van der Waals surface area (Å²) in [6.45, 7) is 1.30. The van der Waals surface area contributed by atoms with Crippen molar-refractivity contribution in [1.29, 1.82) is 0 Å². The molecule has 0 saturated heterocycles. The molecule has 0 aromatic carbocycles. The SMILES string of the molecule is CC(=O)N[C@@H](CS)C(=O)O.CNCC(=O)O. The molecule has 0 aliphatic heterocycles. The van der Waals surface area contributed by atoms with E-state index >= 15 is 0 Å². The topological polar surface area (TPSA) is 116 Å². The first kappa shape index (κ1) is 17.1. The van der Waals surface area contributed by atoms with E-state index in [2.05, 4.69) is 23.3 Å². The van der Waals surface area contributed by atoms with Crippen molar-refractivity contribution in [3.8, 4) is 0 Å². The van der Waals surface area contributed by atoms with Gasteiger partial charge in [-0.2, -0.15) is 12.6 Å². The summed E-state index contributed by atoms with van der Waals surface area (Å²) in [5.74, 6) is -2.14. The lowest BCUT2D eigenvalue weighted by molar-refractivity contribution is -0.140. The summed E-state index contributed by atoms with van der Waals surface area (Å²) >= 11 is 3.73. The largest absolute Gasteiger partial charge is 0.480 e. The van der Waals surface area contributed by atoms with Crippen molar-refractivity contribution in [3.63, 3.8) is 0 Å². The minimum atomic E-state index is -1.06. The Morgan fingerprint density at radius 1 is 1.31 bits per heavy atom. The summed E-state index contributed by atoms with van der Waals surface area (Å²) in [5.41, 5.74) is 0. The van der Waals surface area contributed by atoms with Crippen LogP contribution in [0.5, 0.6) is 0 Å². The van der Waals surface area contributed by atoms with Gasteiger partial charge in [0.05, 0.1) is 6.54 Å². The van der Waals surface area contributed by atoms with E-state index < -0.39 is 18.0 Å². The Bertz CT molecular complexity index is 247. The lowest BCUT2D eigenvalue weighted by atomic mass is 10.3. The summed E-state index contributed by atoms with van der Waals surface area (Å²) in [4.78, 5) is 30.0. The molecule has 4 N–H and O–H groups in total. The number of aliphatic carboxylic acids is 2. The summed E-state index contributed by atoms with van der Waals surface area (Å²) in [6.07, 6.45) is 0. The van der Waals surface area contributed by atoms with Crippen molar-refractivity contribution in [3.05, 3.63) is 0 Å². The number of carbonyl (C=O) groups excluding carboxylic acids is 1. The predicted molar refractivity (Wildman–Crippen MR) is 60.7 cm³/mol. The fourth-order valence-corrected chi connectivity index (χ4v) is 0.830. The first-order valence-corrected chi connectivity index (χ1v) is 4.95. The molecule has 0 rings (SSSR count). The Balaban J connectivity index is 0. The van der Waals surface area contributed by atoms with Crippen LogP contribution in [0.2, 0.25) is 0 Å². The zero-order valence-corrected chi connectivity index (χ0v) is 9.95. The van der Waals surface area contributed by atoms with Gasteiger partial charge in [-0.1, -0.05) is 0 Å². The van der Waals surface area contributed by atoms with Crippen molar-refractivity contribution < 1.29 is 24.6 Å². The van der Waals surface area contributed by atoms with Gasteiger partial charge < -0.3 is 20.8 Å². The number of rotatable bonds is 5. The molecule has 16 heavy (non-hydrogen) atoms. The second-order valence-electron chi connectivity index (χ2n) is 2.70. The highest BCUT2D eigenvalue weighted by molar-refractivity contribution is 7.80. The second kappa shape index (κ2) is 10.2. The average Bonchev–Trinajstić information content (AvgIpc) is 2.14. The third-order valence-corrected chi connectivity index (χ3v) is 1.55. The monoisotopic (exact) mass is 252 g/mol. The van der Waals surface area contributed by atoms with Crippen LogP contribution in [0.3, 0.4) is 0 Å². The van der Waals surface area contributed by atoms with E-state index in [4.69, 9.17) is 10.2 Å². The molecular weight excluding hydrogens is 236 g/mol. The molecule has 1 amide bonds. The van der Waals surface area contributed by atoms with Gasteiger partial charge in [-0.05, 0) is 7.05 Å². The van der Waals surface area contributed by atoms with Crippen LogP contribution < -0.4 is 10.6 Å². The number of carboxylic acids is 2. The van der Waals surface area contributed by atoms with Crippen LogP contribution in [0.25, 0.3) is 0 Å². The number of hydrogen-bond acceptors (Lipinski definition) is 5. The van der Waals surface area contributed by atoms with E-state index in [9.17, 15) is 14.4 Å². The average molecular weight is 252 g/mol. The molecule has 8 heteroatoms. The Labute approximate surface area is 98.6 Å². The van der Waals surface area contributed by atoms with Crippen LogP contribution in [-0.4, -0.2) is 53.4 Å². The predicted octanol–water partition coefficient (Wildman–Crippen LogP) is -1.20. The first-order valence-electron chi connectivity index (χ1n) is 4.32. The van der Waals surface area contributed by atoms with E-state index in [1.54, 1.807) is 7.05 Å². The van der Waals surface area contributed by atoms with Crippen LogP contribution in [-0.2, 0) is 14.4 Å². The number of amides is 1. The maximum absolute atomic E-state index is 10.3.